The maximum Gasteiger partial charge on any atom is 0.193 e. The van der Waals surface area contributed by atoms with Crippen molar-refractivity contribution >= 4 is 5.96 Å². The number of hydrogen-bond acceptors (Lipinski definition) is 2. The Morgan fingerprint density at radius 2 is 2.24 bits per heavy atom. The standard InChI is InChI=1S/C13H27N3O/c1-5-14-12(15-8-11(2)9-17)16-7-6-13(3,4)10-16/h11,17H,5-10H2,1-4H3,(H,14,15). The van der Waals surface area contributed by atoms with Crippen molar-refractivity contribution in [2.75, 3.05) is 32.8 Å². The SMILES string of the molecule is CCNC(=NCC(C)CO)N1CCC(C)(C)C1. The molecule has 0 radical (unpaired) electrons. The van der Waals surface area contributed by atoms with Gasteiger partial charge in [-0.1, -0.05) is 20.8 Å². The minimum atomic E-state index is 0.203. The normalized spacial score (nSPS) is 21.7. The van der Waals surface area contributed by atoms with Gasteiger partial charge >= 0.3 is 0 Å². The quantitative estimate of drug-likeness (QED) is 0.576. The summed E-state index contributed by atoms with van der Waals surface area (Å²) in [4.78, 5) is 6.93. The van der Waals surface area contributed by atoms with Gasteiger partial charge in [0.15, 0.2) is 5.96 Å². The van der Waals surface area contributed by atoms with Crippen molar-refractivity contribution in [3.63, 3.8) is 0 Å². The van der Waals surface area contributed by atoms with E-state index in [1.54, 1.807) is 0 Å². The van der Waals surface area contributed by atoms with Crippen LogP contribution in [0.5, 0.6) is 0 Å². The van der Waals surface area contributed by atoms with Crippen LogP contribution in [0.3, 0.4) is 0 Å². The number of hydrogen-bond donors (Lipinski definition) is 2. The number of guanidine groups is 1. The van der Waals surface area contributed by atoms with Gasteiger partial charge in [-0.2, -0.15) is 0 Å². The fraction of sp³-hybridized carbons (Fsp3) is 0.923. The van der Waals surface area contributed by atoms with E-state index in [1.807, 2.05) is 6.92 Å². The zero-order valence-electron chi connectivity index (χ0n) is 11.7. The van der Waals surface area contributed by atoms with Crippen molar-refractivity contribution < 1.29 is 5.11 Å². The highest BCUT2D eigenvalue weighted by Crippen LogP contribution is 2.28. The summed E-state index contributed by atoms with van der Waals surface area (Å²) >= 11 is 0. The molecule has 1 saturated heterocycles. The second-order valence-electron chi connectivity index (χ2n) is 5.82. The van der Waals surface area contributed by atoms with Gasteiger partial charge in [0, 0.05) is 32.8 Å². The molecule has 0 bridgehead atoms. The van der Waals surface area contributed by atoms with Crippen molar-refractivity contribution in [3.05, 3.63) is 0 Å². The van der Waals surface area contributed by atoms with Crippen LogP contribution in [0.25, 0.3) is 0 Å². The van der Waals surface area contributed by atoms with Gasteiger partial charge in [-0.25, -0.2) is 0 Å². The smallest absolute Gasteiger partial charge is 0.193 e. The molecule has 0 aromatic heterocycles. The number of nitrogens with one attached hydrogen (secondary N) is 1. The maximum atomic E-state index is 9.02. The van der Waals surface area contributed by atoms with E-state index in [4.69, 9.17) is 5.11 Å². The number of nitrogens with zero attached hydrogens (tertiary/aromatic N) is 2. The van der Waals surface area contributed by atoms with Gasteiger partial charge in [0.2, 0.25) is 0 Å². The first-order chi connectivity index (χ1) is 7.98. The van der Waals surface area contributed by atoms with Crippen molar-refractivity contribution in [3.8, 4) is 0 Å². The van der Waals surface area contributed by atoms with Crippen LogP contribution in [-0.2, 0) is 0 Å². The third kappa shape index (κ3) is 4.54. The van der Waals surface area contributed by atoms with Gasteiger partial charge < -0.3 is 15.3 Å². The predicted molar refractivity (Wildman–Crippen MR) is 72.2 cm³/mol. The van der Waals surface area contributed by atoms with E-state index >= 15 is 0 Å². The molecule has 1 unspecified atom stereocenters. The summed E-state index contributed by atoms with van der Waals surface area (Å²) in [6.07, 6.45) is 1.22. The first-order valence-corrected chi connectivity index (χ1v) is 6.62. The third-order valence-electron chi connectivity index (χ3n) is 3.18. The fourth-order valence-electron chi connectivity index (χ4n) is 2.02. The highest BCUT2D eigenvalue weighted by Gasteiger charge is 2.30. The van der Waals surface area contributed by atoms with E-state index in [0.717, 1.165) is 25.6 Å². The Bertz CT molecular complexity index is 263. The first-order valence-electron chi connectivity index (χ1n) is 6.62. The molecule has 1 aliphatic rings. The number of aliphatic imine (C=N–C) groups is 1. The van der Waals surface area contributed by atoms with Crippen LogP contribution >= 0.6 is 0 Å². The molecule has 0 aromatic rings. The molecule has 0 aliphatic carbocycles. The Balaban J connectivity index is 2.59. The van der Waals surface area contributed by atoms with E-state index in [-0.39, 0.29) is 12.5 Å². The number of aliphatic hydroxyl groups is 1. The average Bonchev–Trinajstić information content (AvgIpc) is 2.64. The molecule has 4 nitrogen and oxygen atoms in total. The molecule has 0 amide bonds. The van der Waals surface area contributed by atoms with E-state index in [2.05, 4.69) is 36.0 Å². The Hall–Kier alpha value is -0.770. The van der Waals surface area contributed by atoms with Crippen LogP contribution in [0.2, 0.25) is 0 Å². The van der Waals surface area contributed by atoms with Crippen LogP contribution < -0.4 is 5.32 Å². The molecule has 4 heteroatoms. The third-order valence-corrected chi connectivity index (χ3v) is 3.18. The van der Waals surface area contributed by atoms with E-state index in [0.29, 0.717) is 12.0 Å². The van der Waals surface area contributed by atoms with Crippen molar-refractivity contribution in [2.45, 2.75) is 34.1 Å². The number of aliphatic hydroxyl groups excluding tert-OH is 1. The maximum absolute atomic E-state index is 9.02. The van der Waals surface area contributed by atoms with E-state index in [9.17, 15) is 0 Å². The van der Waals surface area contributed by atoms with E-state index in [1.165, 1.54) is 6.42 Å². The zero-order chi connectivity index (χ0) is 12.9. The topological polar surface area (TPSA) is 47.9 Å². The second kappa shape index (κ2) is 6.24. The summed E-state index contributed by atoms with van der Waals surface area (Å²) in [6.45, 7) is 12.6. The lowest BCUT2D eigenvalue weighted by Gasteiger charge is -2.24. The molecule has 1 aliphatic heterocycles. The minimum absolute atomic E-state index is 0.203. The Morgan fingerprint density at radius 1 is 1.53 bits per heavy atom. The Kier molecular flexibility index (Phi) is 5.25. The summed E-state index contributed by atoms with van der Waals surface area (Å²) in [5.41, 5.74) is 0.388. The van der Waals surface area contributed by atoms with Crippen LogP contribution in [-0.4, -0.2) is 48.8 Å². The summed E-state index contributed by atoms with van der Waals surface area (Å²) in [6, 6.07) is 0. The molecule has 100 valence electrons. The molecule has 1 heterocycles. The van der Waals surface area contributed by atoms with Crippen molar-refractivity contribution in [1.82, 2.24) is 10.2 Å². The summed E-state index contributed by atoms with van der Waals surface area (Å²) in [5.74, 6) is 1.23. The van der Waals surface area contributed by atoms with E-state index < -0.39 is 0 Å². The highest BCUT2D eigenvalue weighted by molar-refractivity contribution is 5.80. The van der Waals surface area contributed by atoms with Crippen LogP contribution in [0.15, 0.2) is 4.99 Å². The molecule has 1 fully saturated rings. The lowest BCUT2D eigenvalue weighted by molar-refractivity contribution is 0.241. The van der Waals surface area contributed by atoms with Crippen LogP contribution in [0.1, 0.15) is 34.1 Å². The first kappa shape index (κ1) is 14.3. The molecule has 0 aromatic carbocycles. The minimum Gasteiger partial charge on any atom is -0.396 e. The fourth-order valence-corrected chi connectivity index (χ4v) is 2.02. The van der Waals surface area contributed by atoms with Gasteiger partial charge in [-0.15, -0.1) is 0 Å². The number of rotatable bonds is 4. The summed E-state index contributed by atoms with van der Waals surface area (Å²) < 4.78 is 0. The molecule has 1 atom stereocenters. The van der Waals surface area contributed by atoms with Gasteiger partial charge in [0.1, 0.15) is 0 Å². The lowest BCUT2D eigenvalue weighted by atomic mass is 9.93. The Morgan fingerprint density at radius 3 is 2.71 bits per heavy atom. The van der Waals surface area contributed by atoms with Crippen LogP contribution in [0, 0.1) is 11.3 Å². The van der Waals surface area contributed by atoms with Gasteiger partial charge in [-0.3, -0.25) is 4.99 Å². The largest absolute Gasteiger partial charge is 0.396 e. The monoisotopic (exact) mass is 241 g/mol. The second-order valence-corrected chi connectivity index (χ2v) is 5.82. The van der Waals surface area contributed by atoms with Crippen molar-refractivity contribution in [1.29, 1.82) is 0 Å². The molecular formula is C13H27N3O. The zero-order valence-corrected chi connectivity index (χ0v) is 11.7. The molecule has 17 heavy (non-hydrogen) atoms. The van der Waals surface area contributed by atoms with Gasteiger partial charge in [0.25, 0.3) is 0 Å². The van der Waals surface area contributed by atoms with Gasteiger partial charge in [-0.05, 0) is 24.7 Å². The van der Waals surface area contributed by atoms with Gasteiger partial charge in [0.05, 0.1) is 0 Å². The molecule has 2 N–H and O–H groups in total. The molecule has 0 spiro atoms. The summed E-state index contributed by atoms with van der Waals surface area (Å²) in [5, 5.41) is 12.4. The van der Waals surface area contributed by atoms with Crippen LogP contribution in [0.4, 0.5) is 0 Å². The highest BCUT2D eigenvalue weighted by atomic mass is 16.3. The lowest BCUT2D eigenvalue weighted by Crippen LogP contribution is -2.41. The predicted octanol–water partition coefficient (Wildman–Crippen LogP) is 1.31. The Labute approximate surface area is 105 Å². The summed E-state index contributed by atoms with van der Waals surface area (Å²) in [7, 11) is 0. The van der Waals surface area contributed by atoms with Crippen molar-refractivity contribution in [2.24, 2.45) is 16.3 Å². The molecular weight excluding hydrogens is 214 g/mol. The number of likely N-dealkylation sites (tertiary alicyclic amines) is 1. The average molecular weight is 241 g/mol. The molecule has 1 rings (SSSR count). The molecule has 0 saturated carbocycles.